The van der Waals surface area contributed by atoms with Gasteiger partial charge in [0.2, 0.25) is 0 Å². The van der Waals surface area contributed by atoms with Crippen molar-refractivity contribution in [3.05, 3.63) is 34.9 Å². The van der Waals surface area contributed by atoms with Crippen LogP contribution in [-0.4, -0.2) is 11.1 Å². The zero-order valence-electron chi connectivity index (χ0n) is 11.1. The lowest BCUT2D eigenvalue weighted by Gasteiger charge is -2.32. The van der Waals surface area contributed by atoms with Crippen molar-refractivity contribution in [3.8, 4) is 0 Å². The Labute approximate surface area is 113 Å². The number of hydrogen-bond donors (Lipinski definition) is 0. The lowest BCUT2D eigenvalue weighted by Crippen LogP contribution is -2.24. The number of ketones is 1. The van der Waals surface area contributed by atoms with Crippen molar-refractivity contribution in [1.29, 1.82) is 0 Å². The van der Waals surface area contributed by atoms with Crippen molar-refractivity contribution < 1.29 is 4.79 Å². The average molecular weight is 297 g/mol. The van der Waals surface area contributed by atoms with E-state index in [1.807, 2.05) is 6.92 Å². The zero-order chi connectivity index (χ0) is 13.1. The lowest BCUT2D eigenvalue weighted by molar-refractivity contribution is -0.116. The molecule has 0 atom stereocenters. The molecule has 2 heteroatoms. The highest BCUT2D eigenvalue weighted by Crippen LogP contribution is 2.39. The first-order chi connectivity index (χ1) is 7.88. The summed E-state index contributed by atoms with van der Waals surface area (Å²) in [5.41, 5.74) is 3.46. The van der Waals surface area contributed by atoms with Crippen molar-refractivity contribution in [3.63, 3.8) is 0 Å². The lowest BCUT2D eigenvalue weighted by atomic mass is 9.72. The average Bonchev–Trinajstić information content (AvgIpc) is 2.24. The second kappa shape index (κ2) is 5.81. The van der Waals surface area contributed by atoms with Crippen molar-refractivity contribution in [2.75, 3.05) is 5.33 Å². The minimum atomic E-state index is 0.114. The predicted octanol–water partition coefficient (Wildman–Crippen LogP) is 4.59. The first-order valence-electron chi connectivity index (χ1n) is 6.04. The molecule has 1 nitrogen and oxygen atoms in total. The maximum Gasteiger partial charge on any atom is 0.158 e. The molecular weight excluding hydrogens is 276 g/mol. The Morgan fingerprint density at radius 1 is 1.47 bits per heavy atom. The third kappa shape index (κ3) is 3.67. The molecule has 0 bridgehead atoms. The molecule has 17 heavy (non-hydrogen) atoms. The Morgan fingerprint density at radius 2 is 2.12 bits per heavy atom. The molecular formula is C15H21BrO. The number of halogens is 1. The van der Waals surface area contributed by atoms with E-state index in [1.165, 1.54) is 11.1 Å². The van der Waals surface area contributed by atoms with Crippen LogP contribution in [0.4, 0.5) is 0 Å². The van der Waals surface area contributed by atoms with Crippen LogP contribution in [0.3, 0.4) is 0 Å². The van der Waals surface area contributed by atoms with Crippen molar-refractivity contribution in [2.45, 2.75) is 40.5 Å². The molecule has 94 valence electrons. The van der Waals surface area contributed by atoms with Gasteiger partial charge in [-0.25, -0.2) is 0 Å². The minimum absolute atomic E-state index is 0.114. The molecule has 0 unspecified atom stereocenters. The Hall–Kier alpha value is -0.630. The van der Waals surface area contributed by atoms with Gasteiger partial charge in [-0.2, -0.15) is 0 Å². The largest absolute Gasteiger partial charge is 0.295 e. The van der Waals surface area contributed by atoms with Gasteiger partial charge in [0.1, 0.15) is 0 Å². The number of carbonyl (C=O) groups is 1. The zero-order valence-corrected chi connectivity index (χ0v) is 12.7. The fourth-order valence-corrected chi connectivity index (χ4v) is 2.67. The molecule has 0 saturated carbocycles. The highest BCUT2D eigenvalue weighted by atomic mass is 79.9. The highest BCUT2D eigenvalue weighted by Gasteiger charge is 2.30. The van der Waals surface area contributed by atoms with Crippen molar-refractivity contribution in [2.24, 2.45) is 5.41 Å². The molecule has 1 rings (SSSR count). The normalized spacial score (nSPS) is 21.5. The fraction of sp³-hybridized carbons (Fsp3) is 0.533. The van der Waals surface area contributed by atoms with E-state index in [4.69, 9.17) is 0 Å². The minimum Gasteiger partial charge on any atom is -0.295 e. The van der Waals surface area contributed by atoms with Gasteiger partial charge in [-0.15, -0.1) is 0 Å². The van der Waals surface area contributed by atoms with Crippen LogP contribution >= 0.6 is 15.9 Å². The second-order valence-corrected chi connectivity index (χ2v) is 5.93. The van der Waals surface area contributed by atoms with Crippen LogP contribution in [0.25, 0.3) is 0 Å². The first kappa shape index (κ1) is 14.4. The molecule has 0 aliphatic heterocycles. The standard InChI is InChI=1S/C15H21BrO/c1-11(8-10-16)5-6-13-12(2)14(17)7-9-15(13,3)4/h5-6,8H,7,9-10H2,1-4H3/b6-5+,11-8+. The van der Waals surface area contributed by atoms with E-state index in [1.54, 1.807) is 0 Å². The van der Waals surface area contributed by atoms with E-state index >= 15 is 0 Å². The van der Waals surface area contributed by atoms with E-state index < -0.39 is 0 Å². The van der Waals surface area contributed by atoms with E-state index in [2.05, 4.69) is 54.9 Å². The summed E-state index contributed by atoms with van der Waals surface area (Å²) < 4.78 is 0. The van der Waals surface area contributed by atoms with E-state index in [0.29, 0.717) is 12.2 Å². The maximum absolute atomic E-state index is 11.7. The summed E-state index contributed by atoms with van der Waals surface area (Å²) in [6, 6.07) is 0. The van der Waals surface area contributed by atoms with Crippen molar-refractivity contribution >= 4 is 21.7 Å². The molecule has 0 heterocycles. The van der Waals surface area contributed by atoms with Gasteiger partial charge < -0.3 is 0 Å². The summed E-state index contributed by atoms with van der Waals surface area (Å²) in [5, 5.41) is 0.865. The highest BCUT2D eigenvalue weighted by molar-refractivity contribution is 9.09. The molecule has 0 fully saturated rings. The maximum atomic E-state index is 11.7. The number of Topliss-reactive ketones (excluding diaryl/α,β-unsaturated/α-hetero) is 1. The summed E-state index contributed by atoms with van der Waals surface area (Å²) in [7, 11) is 0. The molecule has 0 radical (unpaired) electrons. The topological polar surface area (TPSA) is 17.1 Å². The first-order valence-corrected chi connectivity index (χ1v) is 7.16. The molecule has 0 N–H and O–H groups in total. The number of carbonyl (C=O) groups excluding carboxylic acids is 1. The number of rotatable bonds is 3. The van der Waals surface area contributed by atoms with Crippen LogP contribution in [-0.2, 0) is 4.79 Å². The van der Waals surface area contributed by atoms with E-state index in [9.17, 15) is 4.79 Å². The van der Waals surface area contributed by atoms with Gasteiger partial charge in [0.15, 0.2) is 5.78 Å². The van der Waals surface area contributed by atoms with Crippen LogP contribution in [0.15, 0.2) is 34.9 Å². The van der Waals surface area contributed by atoms with Crippen LogP contribution in [0, 0.1) is 5.41 Å². The van der Waals surface area contributed by atoms with Gasteiger partial charge >= 0.3 is 0 Å². The molecule has 0 saturated heterocycles. The van der Waals surface area contributed by atoms with Gasteiger partial charge in [0, 0.05) is 11.8 Å². The van der Waals surface area contributed by atoms with Gasteiger partial charge in [-0.3, -0.25) is 4.79 Å². The summed E-state index contributed by atoms with van der Waals surface area (Å²) in [6.45, 7) is 8.45. The van der Waals surface area contributed by atoms with Gasteiger partial charge in [0.25, 0.3) is 0 Å². The Kier molecular flexibility index (Phi) is 4.93. The number of alkyl halides is 1. The fourth-order valence-electron chi connectivity index (χ4n) is 2.16. The molecule has 0 spiro atoms. The van der Waals surface area contributed by atoms with Crippen LogP contribution in [0.1, 0.15) is 40.5 Å². The molecule has 0 aromatic carbocycles. The van der Waals surface area contributed by atoms with Gasteiger partial charge in [-0.05, 0) is 36.8 Å². The van der Waals surface area contributed by atoms with Crippen LogP contribution in [0.2, 0.25) is 0 Å². The number of hydrogen-bond acceptors (Lipinski definition) is 1. The van der Waals surface area contributed by atoms with Gasteiger partial charge in [-0.1, -0.05) is 53.6 Å². The van der Waals surface area contributed by atoms with E-state index in [-0.39, 0.29) is 5.41 Å². The van der Waals surface area contributed by atoms with E-state index in [0.717, 1.165) is 17.3 Å². The smallest absolute Gasteiger partial charge is 0.158 e. The SMILES string of the molecule is CC1=C(/C=C/C(C)=C/CBr)C(C)(C)CCC1=O. The Balaban J connectivity index is 3.04. The summed E-state index contributed by atoms with van der Waals surface area (Å²) in [5.74, 6) is 0.297. The molecule has 0 aromatic rings. The van der Waals surface area contributed by atoms with Crippen molar-refractivity contribution in [1.82, 2.24) is 0 Å². The molecule has 1 aliphatic rings. The summed E-state index contributed by atoms with van der Waals surface area (Å²) in [6.07, 6.45) is 7.96. The van der Waals surface area contributed by atoms with Crippen LogP contribution < -0.4 is 0 Å². The quantitative estimate of drug-likeness (QED) is 0.550. The third-order valence-corrected chi connectivity index (χ3v) is 3.76. The molecule has 0 aromatic heterocycles. The molecule has 0 amide bonds. The predicted molar refractivity (Wildman–Crippen MR) is 77.4 cm³/mol. The summed E-state index contributed by atoms with van der Waals surface area (Å²) >= 11 is 3.38. The second-order valence-electron chi connectivity index (χ2n) is 5.28. The summed E-state index contributed by atoms with van der Waals surface area (Å²) in [4.78, 5) is 11.7. The Bertz CT molecular complexity index is 397. The number of allylic oxidation sites excluding steroid dienone is 6. The monoisotopic (exact) mass is 296 g/mol. The Morgan fingerprint density at radius 3 is 2.71 bits per heavy atom. The van der Waals surface area contributed by atoms with Gasteiger partial charge in [0.05, 0.1) is 0 Å². The third-order valence-electron chi connectivity index (χ3n) is 3.44. The molecule has 1 aliphatic carbocycles. The van der Waals surface area contributed by atoms with Crippen LogP contribution in [0.5, 0.6) is 0 Å².